The first-order valence-electron chi connectivity index (χ1n) is 6.61. The molecule has 0 bridgehead atoms. The number of aryl methyl sites for hydroxylation is 2. The quantitative estimate of drug-likeness (QED) is 0.854. The molecule has 0 saturated carbocycles. The van der Waals surface area contributed by atoms with E-state index in [-0.39, 0.29) is 0 Å². The summed E-state index contributed by atoms with van der Waals surface area (Å²) < 4.78 is 8.59. The molecule has 1 aliphatic heterocycles. The van der Waals surface area contributed by atoms with E-state index in [1.54, 1.807) is 0 Å². The van der Waals surface area contributed by atoms with Gasteiger partial charge in [0.15, 0.2) is 0 Å². The van der Waals surface area contributed by atoms with Crippen LogP contribution in [0, 0.1) is 0 Å². The lowest BCUT2D eigenvalue weighted by atomic mass is 10.1. The fraction of sp³-hybridized carbons (Fsp3) is 0.769. The van der Waals surface area contributed by atoms with Crippen LogP contribution in [-0.2, 0) is 24.8 Å². The number of hydrogen-bond acceptors (Lipinski definition) is 3. The third-order valence-corrected chi connectivity index (χ3v) is 4.66. The summed E-state index contributed by atoms with van der Waals surface area (Å²) in [6, 6.07) is 0. The van der Waals surface area contributed by atoms with Crippen LogP contribution in [-0.4, -0.2) is 41.0 Å². The van der Waals surface area contributed by atoms with Crippen molar-refractivity contribution in [1.29, 1.82) is 0 Å². The Labute approximate surface area is 117 Å². The van der Waals surface area contributed by atoms with E-state index >= 15 is 0 Å². The van der Waals surface area contributed by atoms with Crippen molar-refractivity contribution in [1.82, 2.24) is 14.7 Å². The van der Waals surface area contributed by atoms with Crippen LogP contribution in [0.5, 0.6) is 0 Å². The van der Waals surface area contributed by atoms with Gasteiger partial charge < -0.3 is 4.74 Å². The Bertz CT molecular complexity index is 397. The summed E-state index contributed by atoms with van der Waals surface area (Å²) in [5.74, 6) is 0. The number of hydrogen-bond donors (Lipinski definition) is 0. The van der Waals surface area contributed by atoms with Gasteiger partial charge in [0.1, 0.15) is 0 Å². The summed E-state index contributed by atoms with van der Waals surface area (Å²) in [6.07, 6.45) is 3.68. The van der Waals surface area contributed by atoms with E-state index in [1.807, 2.05) is 18.8 Å². The van der Waals surface area contributed by atoms with Gasteiger partial charge in [-0.25, -0.2) is 0 Å². The van der Waals surface area contributed by atoms with Crippen molar-refractivity contribution < 1.29 is 4.74 Å². The number of aromatic nitrogens is 2. The molecule has 2 heterocycles. The van der Waals surface area contributed by atoms with E-state index in [9.17, 15) is 0 Å². The molecule has 0 atom stereocenters. The second-order valence-electron chi connectivity index (χ2n) is 4.90. The Balaban J connectivity index is 2.00. The highest BCUT2D eigenvalue weighted by molar-refractivity contribution is 9.10. The van der Waals surface area contributed by atoms with Crippen molar-refractivity contribution >= 4 is 15.9 Å². The lowest BCUT2D eigenvalue weighted by molar-refractivity contribution is 0.0381. The number of piperidine rings is 1. The second kappa shape index (κ2) is 6.17. The zero-order chi connectivity index (χ0) is 13.1. The summed E-state index contributed by atoms with van der Waals surface area (Å²) in [7, 11) is 3.84. The SMILES string of the molecule is CCc1nn(C)c(CN2CCC(OC)CC2)c1Br. The van der Waals surface area contributed by atoms with Crippen molar-refractivity contribution in [2.45, 2.75) is 38.8 Å². The molecule has 0 aliphatic carbocycles. The molecule has 1 aliphatic rings. The van der Waals surface area contributed by atoms with Gasteiger partial charge in [-0.05, 0) is 35.2 Å². The van der Waals surface area contributed by atoms with Crippen molar-refractivity contribution in [2.75, 3.05) is 20.2 Å². The molecule has 2 rings (SSSR count). The van der Waals surface area contributed by atoms with Gasteiger partial charge in [-0.2, -0.15) is 5.10 Å². The average Bonchev–Trinajstić information content (AvgIpc) is 2.67. The fourth-order valence-corrected chi connectivity index (χ4v) is 3.25. The molecule has 102 valence electrons. The van der Waals surface area contributed by atoms with Gasteiger partial charge in [0.25, 0.3) is 0 Å². The fourth-order valence-electron chi connectivity index (χ4n) is 2.51. The lowest BCUT2D eigenvalue weighted by Crippen LogP contribution is -2.36. The molecular weight excluding hydrogens is 294 g/mol. The monoisotopic (exact) mass is 315 g/mol. The first-order valence-corrected chi connectivity index (χ1v) is 7.40. The standard InChI is InChI=1S/C13H22BrN3O/c1-4-11-13(14)12(16(2)15-11)9-17-7-5-10(18-3)6-8-17/h10H,4-9H2,1-3H3. The maximum Gasteiger partial charge on any atom is 0.0767 e. The van der Waals surface area contributed by atoms with Gasteiger partial charge in [-0.3, -0.25) is 9.58 Å². The summed E-state index contributed by atoms with van der Waals surface area (Å²) in [5, 5.41) is 4.54. The minimum atomic E-state index is 0.447. The van der Waals surface area contributed by atoms with E-state index in [2.05, 4.69) is 32.9 Å². The molecule has 0 amide bonds. The van der Waals surface area contributed by atoms with Gasteiger partial charge in [-0.1, -0.05) is 6.92 Å². The summed E-state index contributed by atoms with van der Waals surface area (Å²) in [4.78, 5) is 2.48. The average molecular weight is 316 g/mol. The molecule has 1 fully saturated rings. The van der Waals surface area contributed by atoms with Crippen molar-refractivity contribution in [3.8, 4) is 0 Å². The normalized spacial score (nSPS) is 18.4. The molecule has 1 aromatic heterocycles. The molecule has 0 radical (unpaired) electrons. The predicted octanol–water partition coefficient (Wildman–Crippen LogP) is 2.36. The maximum absolute atomic E-state index is 5.41. The highest BCUT2D eigenvalue weighted by Crippen LogP contribution is 2.24. The van der Waals surface area contributed by atoms with Crippen molar-refractivity contribution in [3.63, 3.8) is 0 Å². The smallest absolute Gasteiger partial charge is 0.0767 e. The van der Waals surface area contributed by atoms with Crippen molar-refractivity contribution in [2.24, 2.45) is 7.05 Å². The minimum Gasteiger partial charge on any atom is -0.381 e. The highest BCUT2D eigenvalue weighted by Gasteiger charge is 2.21. The number of ether oxygens (including phenoxy) is 1. The Hall–Kier alpha value is -0.390. The van der Waals surface area contributed by atoms with E-state index in [0.717, 1.165) is 44.6 Å². The molecule has 5 heteroatoms. The van der Waals surface area contributed by atoms with Gasteiger partial charge in [0.05, 0.1) is 22.0 Å². The molecule has 4 nitrogen and oxygen atoms in total. The molecule has 0 N–H and O–H groups in total. The Morgan fingerprint density at radius 1 is 1.39 bits per heavy atom. The minimum absolute atomic E-state index is 0.447. The Morgan fingerprint density at radius 2 is 2.06 bits per heavy atom. The summed E-state index contributed by atoms with van der Waals surface area (Å²) in [5.41, 5.74) is 2.43. The number of likely N-dealkylation sites (tertiary alicyclic amines) is 1. The first-order chi connectivity index (χ1) is 8.65. The van der Waals surface area contributed by atoms with E-state index in [1.165, 1.54) is 10.2 Å². The summed E-state index contributed by atoms with van der Waals surface area (Å²) in [6.45, 7) is 5.33. The van der Waals surface area contributed by atoms with Gasteiger partial charge in [0.2, 0.25) is 0 Å². The lowest BCUT2D eigenvalue weighted by Gasteiger charge is -2.31. The number of halogens is 1. The van der Waals surface area contributed by atoms with E-state index in [4.69, 9.17) is 4.74 Å². The van der Waals surface area contributed by atoms with Gasteiger partial charge in [0, 0.05) is 33.8 Å². The van der Waals surface area contributed by atoms with Crippen LogP contribution in [0.2, 0.25) is 0 Å². The van der Waals surface area contributed by atoms with Crippen LogP contribution in [0.25, 0.3) is 0 Å². The van der Waals surface area contributed by atoms with E-state index in [0.29, 0.717) is 6.10 Å². The van der Waals surface area contributed by atoms with Crippen molar-refractivity contribution in [3.05, 3.63) is 15.9 Å². The molecule has 0 unspecified atom stereocenters. The zero-order valence-corrected chi connectivity index (χ0v) is 13.0. The molecule has 18 heavy (non-hydrogen) atoms. The van der Waals surface area contributed by atoms with Gasteiger partial charge >= 0.3 is 0 Å². The van der Waals surface area contributed by atoms with Crippen LogP contribution in [0.1, 0.15) is 31.2 Å². The van der Waals surface area contributed by atoms with Crippen LogP contribution >= 0.6 is 15.9 Å². The van der Waals surface area contributed by atoms with E-state index < -0.39 is 0 Å². The third kappa shape index (κ3) is 2.95. The Kier molecular flexibility index (Phi) is 4.81. The Morgan fingerprint density at radius 3 is 2.56 bits per heavy atom. The molecule has 1 aromatic rings. The topological polar surface area (TPSA) is 30.3 Å². The molecular formula is C13H22BrN3O. The van der Waals surface area contributed by atoms with Crippen LogP contribution in [0.4, 0.5) is 0 Å². The first kappa shape index (κ1) is 14.0. The third-order valence-electron chi connectivity index (χ3n) is 3.74. The summed E-state index contributed by atoms with van der Waals surface area (Å²) >= 11 is 3.68. The molecule has 0 spiro atoms. The largest absolute Gasteiger partial charge is 0.381 e. The van der Waals surface area contributed by atoms with Crippen LogP contribution in [0.15, 0.2) is 4.47 Å². The molecule has 0 aromatic carbocycles. The maximum atomic E-state index is 5.41. The molecule has 1 saturated heterocycles. The predicted molar refractivity (Wildman–Crippen MR) is 75.6 cm³/mol. The van der Waals surface area contributed by atoms with Crippen LogP contribution in [0.3, 0.4) is 0 Å². The highest BCUT2D eigenvalue weighted by atomic mass is 79.9. The van der Waals surface area contributed by atoms with Crippen LogP contribution < -0.4 is 0 Å². The number of nitrogens with zero attached hydrogens (tertiary/aromatic N) is 3. The van der Waals surface area contributed by atoms with Gasteiger partial charge in [-0.15, -0.1) is 0 Å². The number of rotatable bonds is 4. The number of methoxy groups -OCH3 is 1. The second-order valence-corrected chi connectivity index (χ2v) is 5.69. The zero-order valence-electron chi connectivity index (χ0n) is 11.4.